The molecule has 0 fully saturated rings. The Labute approximate surface area is 111 Å². The number of hydrogen-bond donors (Lipinski definition) is 0. The van der Waals surface area contributed by atoms with Crippen LogP contribution in [0.15, 0.2) is 6.07 Å². The van der Waals surface area contributed by atoms with Crippen LogP contribution in [0.5, 0.6) is 0 Å². The summed E-state index contributed by atoms with van der Waals surface area (Å²) in [6, 6.07) is 4.20. The number of hydrogen-bond acceptors (Lipinski definition) is 4. The Balaban J connectivity index is 2.20. The molecule has 3 rings (SSSR count). The molecule has 0 amide bonds. The van der Waals surface area contributed by atoms with Gasteiger partial charge in [0.2, 0.25) is 0 Å². The third-order valence-electron chi connectivity index (χ3n) is 3.48. The van der Waals surface area contributed by atoms with Gasteiger partial charge in [-0.15, -0.1) is 5.10 Å². The number of nitrogens with zero attached hydrogens (tertiary/aromatic N) is 5. The lowest BCUT2D eigenvalue weighted by Gasteiger charge is -2.16. The van der Waals surface area contributed by atoms with E-state index >= 15 is 0 Å². The molecular formula is C14H15N5. The first kappa shape index (κ1) is 11.8. The highest BCUT2D eigenvalue weighted by atomic mass is 15.4. The Hall–Kier alpha value is -2.22. The Bertz CT molecular complexity index is 678. The molecule has 5 nitrogen and oxygen atoms in total. The topological polar surface area (TPSA) is 67.4 Å². The summed E-state index contributed by atoms with van der Waals surface area (Å²) >= 11 is 0. The number of aromatic nitrogens is 4. The minimum Gasteiger partial charge on any atom is -0.232 e. The van der Waals surface area contributed by atoms with Gasteiger partial charge in [-0.3, -0.25) is 0 Å². The van der Waals surface area contributed by atoms with Crippen molar-refractivity contribution >= 4 is 0 Å². The van der Waals surface area contributed by atoms with Crippen molar-refractivity contribution in [2.24, 2.45) is 0 Å². The lowest BCUT2D eigenvalue weighted by molar-refractivity contribution is 0.659. The molecule has 0 bridgehead atoms. The van der Waals surface area contributed by atoms with Crippen LogP contribution in [0.3, 0.4) is 0 Å². The predicted molar refractivity (Wildman–Crippen MR) is 70.0 cm³/mol. The molecule has 2 aromatic heterocycles. The largest absolute Gasteiger partial charge is 0.232 e. The smallest absolute Gasteiger partial charge is 0.173 e. The number of aryl methyl sites for hydroxylation is 4. The van der Waals surface area contributed by atoms with Gasteiger partial charge in [0.1, 0.15) is 17.7 Å². The first-order chi connectivity index (χ1) is 9.19. The van der Waals surface area contributed by atoms with Gasteiger partial charge in [-0.1, -0.05) is 0 Å². The van der Waals surface area contributed by atoms with E-state index in [1.807, 2.05) is 19.9 Å². The summed E-state index contributed by atoms with van der Waals surface area (Å²) in [5, 5.41) is 13.7. The second kappa shape index (κ2) is 4.47. The molecular weight excluding hydrogens is 238 g/mol. The molecule has 0 spiro atoms. The molecule has 2 heterocycles. The highest BCUT2D eigenvalue weighted by Crippen LogP contribution is 2.23. The zero-order chi connectivity index (χ0) is 13.4. The van der Waals surface area contributed by atoms with Crippen molar-refractivity contribution in [3.63, 3.8) is 0 Å². The van der Waals surface area contributed by atoms with Crippen LogP contribution < -0.4 is 0 Å². The summed E-state index contributed by atoms with van der Waals surface area (Å²) in [4.78, 5) is 8.94. The van der Waals surface area contributed by atoms with Gasteiger partial charge in [0.25, 0.3) is 0 Å². The van der Waals surface area contributed by atoms with Gasteiger partial charge >= 0.3 is 0 Å². The standard InChI is InChI=1S/C14H15N5/c1-9-16-10(2)19(18-9)14-12(8-15)7-11-5-3-4-6-13(11)17-14/h7H,3-6H2,1-2H3. The quantitative estimate of drug-likeness (QED) is 0.779. The molecule has 0 radical (unpaired) electrons. The maximum Gasteiger partial charge on any atom is 0.173 e. The minimum atomic E-state index is 0.577. The summed E-state index contributed by atoms with van der Waals surface area (Å²) in [5.74, 6) is 2.07. The summed E-state index contributed by atoms with van der Waals surface area (Å²) in [6.07, 6.45) is 4.36. The first-order valence-corrected chi connectivity index (χ1v) is 6.52. The molecule has 0 unspecified atom stereocenters. The lowest BCUT2D eigenvalue weighted by atomic mass is 9.95. The van der Waals surface area contributed by atoms with Crippen LogP contribution in [0.4, 0.5) is 0 Å². The zero-order valence-electron chi connectivity index (χ0n) is 11.1. The second-order valence-corrected chi connectivity index (χ2v) is 4.90. The summed E-state index contributed by atoms with van der Waals surface area (Å²) in [6.45, 7) is 3.72. The van der Waals surface area contributed by atoms with E-state index < -0.39 is 0 Å². The van der Waals surface area contributed by atoms with Gasteiger partial charge in [-0.2, -0.15) is 9.94 Å². The molecule has 2 aromatic rings. The zero-order valence-corrected chi connectivity index (χ0v) is 11.1. The van der Waals surface area contributed by atoms with Gasteiger partial charge in [-0.25, -0.2) is 9.97 Å². The Kier molecular flexibility index (Phi) is 2.79. The van der Waals surface area contributed by atoms with Crippen molar-refractivity contribution in [3.8, 4) is 11.9 Å². The number of fused-ring (bicyclic) bond motifs is 1. The van der Waals surface area contributed by atoms with Crippen LogP contribution in [0.1, 0.15) is 41.3 Å². The molecule has 96 valence electrons. The SMILES string of the molecule is Cc1nc(C)n(-c2nc3c(cc2C#N)CCCC3)n1. The van der Waals surface area contributed by atoms with Crippen molar-refractivity contribution < 1.29 is 0 Å². The van der Waals surface area contributed by atoms with E-state index in [0.717, 1.165) is 24.4 Å². The normalized spacial score (nSPS) is 13.9. The molecule has 0 saturated heterocycles. The average molecular weight is 253 g/mol. The maximum atomic E-state index is 9.33. The van der Waals surface area contributed by atoms with Crippen LogP contribution in [-0.4, -0.2) is 19.7 Å². The van der Waals surface area contributed by atoms with Crippen LogP contribution in [0.2, 0.25) is 0 Å². The Morgan fingerprint density at radius 3 is 2.68 bits per heavy atom. The van der Waals surface area contributed by atoms with E-state index in [1.54, 1.807) is 4.68 Å². The van der Waals surface area contributed by atoms with E-state index in [0.29, 0.717) is 17.2 Å². The van der Waals surface area contributed by atoms with E-state index in [-0.39, 0.29) is 0 Å². The minimum absolute atomic E-state index is 0.577. The second-order valence-electron chi connectivity index (χ2n) is 4.90. The predicted octanol–water partition coefficient (Wildman–Crippen LogP) is 2.03. The molecule has 0 aliphatic heterocycles. The van der Waals surface area contributed by atoms with E-state index in [9.17, 15) is 5.26 Å². The van der Waals surface area contributed by atoms with Gasteiger partial charge in [0, 0.05) is 5.69 Å². The van der Waals surface area contributed by atoms with Crippen LogP contribution in [0.25, 0.3) is 5.82 Å². The molecule has 1 aliphatic carbocycles. The fourth-order valence-corrected chi connectivity index (χ4v) is 2.59. The van der Waals surface area contributed by atoms with Gasteiger partial charge in [0.15, 0.2) is 5.82 Å². The summed E-state index contributed by atoms with van der Waals surface area (Å²) in [5.41, 5.74) is 2.89. The van der Waals surface area contributed by atoms with Crippen molar-refractivity contribution in [2.75, 3.05) is 0 Å². The highest BCUT2D eigenvalue weighted by Gasteiger charge is 2.18. The van der Waals surface area contributed by atoms with E-state index in [4.69, 9.17) is 0 Å². The molecule has 19 heavy (non-hydrogen) atoms. The number of rotatable bonds is 1. The number of nitriles is 1. The molecule has 0 N–H and O–H groups in total. The monoisotopic (exact) mass is 253 g/mol. The Morgan fingerprint density at radius 1 is 1.21 bits per heavy atom. The van der Waals surface area contributed by atoms with Crippen LogP contribution >= 0.6 is 0 Å². The average Bonchev–Trinajstić information content (AvgIpc) is 2.76. The van der Waals surface area contributed by atoms with Gasteiger partial charge < -0.3 is 0 Å². The molecule has 0 aromatic carbocycles. The van der Waals surface area contributed by atoms with Crippen molar-refractivity contribution in [1.82, 2.24) is 19.7 Å². The molecule has 1 aliphatic rings. The van der Waals surface area contributed by atoms with Crippen molar-refractivity contribution in [2.45, 2.75) is 39.5 Å². The molecule has 5 heteroatoms. The third kappa shape index (κ3) is 1.99. The third-order valence-corrected chi connectivity index (χ3v) is 3.48. The van der Waals surface area contributed by atoms with Crippen LogP contribution in [0, 0.1) is 25.2 Å². The van der Waals surface area contributed by atoms with Crippen molar-refractivity contribution in [1.29, 1.82) is 5.26 Å². The van der Waals surface area contributed by atoms with E-state index in [2.05, 4.69) is 21.1 Å². The first-order valence-electron chi connectivity index (χ1n) is 6.52. The summed E-state index contributed by atoms with van der Waals surface area (Å²) < 4.78 is 1.67. The highest BCUT2D eigenvalue weighted by molar-refractivity contribution is 5.47. The Morgan fingerprint density at radius 2 is 2.00 bits per heavy atom. The van der Waals surface area contributed by atoms with Crippen molar-refractivity contribution in [3.05, 3.63) is 34.5 Å². The summed E-state index contributed by atoms with van der Waals surface area (Å²) in [7, 11) is 0. The molecule has 0 atom stereocenters. The number of pyridine rings is 1. The fraction of sp³-hybridized carbons (Fsp3) is 0.429. The fourth-order valence-electron chi connectivity index (χ4n) is 2.59. The van der Waals surface area contributed by atoms with E-state index in [1.165, 1.54) is 18.4 Å². The van der Waals surface area contributed by atoms with Crippen LogP contribution in [-0.2, 0) is 12.8 Å². The lowest BCUT2D eigenvalue weighted by Crippen LogP contribution is -2.12. The maximum absolute atomic E-state index is 9.33. The molecule has 0 saturated carbocycles. The van der Waals surface area contributed by atoms with Gasteiger partial charge in [-0.05, 0) is 51.2 Å². The van der Waals surface area contributed by atoms with Gasteiger partial charge in [0.05, 0.1) is 5.56 Å².